The van der Waals surface area contributed by atoms with E-state index >= 15 is 0 Å². The highest BCUT2D eigenvalue weighted by molar-refractivity contribution is 5.57. The van der Waals surface area contributed by atoms with Crippen molar-refractivity contribution in [3.63, 3.8) is 0 Å². The van der Waals surface area contributed by atoms with Crippen LogP contribution in [0.25, 0.3) is 0 Å². The summed E-state index contributed by atoms with van der Waals surface area (Å²) in [7, 11) is 0. The molecule has 0 amide bonds. The Bertz CT molecular complexity index is 2600. The number of hydrazine groups is 8. The summed E-state index contributed by atoms with van der Waals surface area (Å²) in [6.07, 6.45) is 127. The van der Waals surface area contributed by atoms with Gasteiger partial charge < -0.3 is 0 Å². The van der Waals surface area contributed by atoms with Crippen LogP contribution in [0.4, 0.5) is 0 Å². The molecule has 0 radical (unpaired) electrons. The molecule has 0 aliphatic carbocycles. The van der Waals surface area contributed by atoms with Crippen molar-refractivity contribution in [2.75, 3.05) is 33.2 Å². The lowest BCUT2D eigenvalue weighted by Crippen LogP contribution is -2.53. The minimum absolute atomic E-state index is 0.154. The predicted octanol–water partition coefficient (Wildman–Crippen LogP) is 36.6. The highest BCUT2D eigenvalue weighted by Gasteiger charge is 2.34. The van der Waals surface area contributed by atoms with Crippen LogP contribution in [0.5, 0.6) is 0 Å². The normalized spacial score (nSPS) is 15.4. The number of rotatable bonds is 94. The molecule has 0 spiro atoms. The van der Waals surface area contributed by atoms with Crippen LogP contribution in [0, 0.1) is 0 Å². The first kappa shape index (κ1) is 132. The summed E-state index contributed by atoms with van der Waals surface area (Å²) < 4.78 is 0. The van der Waals surface area contributed by atoms with E-state index in [0.29, 0.717) is 25.4 Å². The van der Waals surface area contributed by atoms with Gasteiger partial charge in [-0.1, -0.05) is 591 Å². The summed E-state index contributed by atoms with van der Waals surface area (Å²) in [5.41, 5.74) is 24.3. The van der Waals surface area contributed by atoms with Gasteiger partial charge in [0.25, 0.3) is 0 Å². The Labute approximate surface area is 857 Å². The fourth-order valence-corrected chi connectivity index (χ4v) is 20.0. The van der Waals surface area contributed by atoms with Crippen LogP contribution < -0.4 is 44.3 Å². The maximum Gasteiger partial charge on any atom is 0.134 e. The van der Waals surface area contributed by atoms with Gasteiger partial charge in [0, 0.05) is 24.2 Å². The third kappa shape index (κ3) is 79.2. The fourth-order valence-electron chi connectivity index (χ4n) is 20.0. The summed E-state index contributed by atoms with van der Waals surface area (Å²) in [5.74, 6) is 0. The minimum Gasteiger partial charge on any atom is -0.272 e. The molecule has 0 fully saturated rings. The molecule has 6 aliphatic rings. The molecule has 24 nitrogen and oxygen atoms in total. The summed E-state index contributed by atoms with van der Waals surface area (Å²) in [6, 6.07) is 1.14. The Morgan fingerprint density at radius 2 is 0.536 bits per heavy atom. The molecule has 0 saturated carbocycles. The van der Waals surface area contributed by atoms with Gasteiger partial charge in [-0.25, -0.2) is 33.2 Å². The van der Waals surface area contributed by atoms with Crippen molar-refractivity contribution < 1.29 is 0 Å². The van der Waals surface area contributed by atoms with Gasteiger partial charge in [0.15, 0.2) is 0 Å². The van der Waals surface area contributed by atoms with Crippen LogP contribution in [0.1, 0.15) is 662 Å². The molecule has 0 saturated heterocycles. The molecule has 816 valence electrons. The van der Waals surface area contributed by atoms with E-state index in [1.54, 1.807) is 0 Å². The van der Waals surface area contributed by atoms with Gasteiger partial charge in [-0.3, -0.25) is 10.0 Å². The molecule has 0 aromatic rings. The number of hydrogen-bond donors (Lipinski definition) is 8. The molecule has 0 aromatic carbocycles. The third-order valence-corrected chi connectivity index (χ3v) is 30.6. The first-order valence-electron chi connectivity index (χ1n) is 61.0. The predicted molar refractivity (Wildman–Crippen MR) is 598 cm³/mol. The number of hydrogen-bond acceptors (Lipinski definition) is 24. The molecule has 0 bridgehead atoms. The van der Waals surface area contributed by atoms with Crippen LogP contribution in [0.2, 0.25) is 0 Å². The fraction of sp³-hybridized carbons (Fsp3) is 0.982. The zero-order valence-corrected chi connectivity index (χ0v) is 94.7. The van der Waals surface area contributed by atoms with Gasteiger partial charge in [-0.15, -0.1) is 11.1 Å². The van der Waals surface area contributed by atoms with Crippen molar-refractivity contribution >= 4 is 12.7 Å². The topological polar surface area (TPSA) is 239 Å². The summed E-state index contributed by atoms with van der Waals surface area (Å²) in [6.45, 7) is 35.9. The second-order valence-corrected chi connectivity index (χ2v) is 43.4. The van der Waals surface area contributed by atoms with E-state index in [-0.39, 0.29) is 16.6 Å². The SMILES string of the molecule is CCCCCCCCCCCCCCCC(C)(C)N1CN=NN1.CCCCCCCCCCCCCCCC(C)(CC)N1C=NNN1.CCCCCCCCCCCCCCCC(C)N1CN=NN1.CCCCCCCCCCCCCCCC(CC)(CC)N1C=NNN1.CCCCCCCCCCCCCCCC(CC)N1CN=NN1.CCCCCCCCCCCCCCCCN1CN=NN1. The largest absolute Gasteiger partial charge is 0.272 e. The second-order valence-electron chi connectivity index (χ2n) is 43.4. The Morgan fingerprint density at radius 3 is 0.819 bits per heavy atom. The molecule has 0 aromatic heterocycles. The van der Waals surface area contributed by atoms with Crippen molar-refractivity contribution in [1.29, 1.82) is 0 Å². The van der Waals surface area contributed by atoms with Crippen LogP contribution in [0.15, 0.2) is 51.6 Å². The number of unbranched alkanes of at least 4 members (excludes halogenated alkanes) is 73. The average molecular weight is 1950 g/mol. The second kappa shape index (κ2) is 102. The van der Waals surface area contributed by atoms with Crippen LogP contribution in [-0.2, 0) is 0 Å². The third-order valence-electron chi connectivity index (χ3n) is 30.6. The quantitative estimate of drug-likeness (QED) is 0.0264. The van der Waals surface area contributed by atoms with Gasteiger partial charge in [0.2, 0.25) is 0 Å². The van der Waals surface area contributed by atoms with E-state index in [2.05, 4.69) is 223 Å². The maximum atomic E-state index is 4.08. The standard InChI is InChI=1S/C21H44N4.C20H42N4.2C19H40N4.C18H38N4.C17H36N4/c1-4-7-8-9-10-11-12-13-14-15-16-17-18-19-21(5-2,6-3)25-20-22-23-24-25;1-4-6-7-8-9-10-11-12-13-14-15-16-17-18-20(3,5-2)24-19-21-22-23-24;1-4-5-6-7-8-9-10-11-12-13-14-15-16-17-19(2,3)23-18-20-21-22-23;1-3-5-6-7-8-9-10-11-12-13-14-15-16-17-19(4-2)23-18-20-21-22-23;1-3-4-5-6-7-8-9-10-11-12-13-14-15-16-18(2)22-17-19-20-21-22;1-2-3-4-5-6-7-8-9-10-11-12-13-14-15-16-21-17-18-19-20-21/h20,23-24H,4-19H2,1-3H3;19,22-23H,4-18H2,1-3H3;4-18H2,1-3H3,(H,20,22);19H,3-18H2,1-2H3,(H,20,22);18H,3-17H2,1-2H3,(H,19,21);2-17H2,1H3,(H,18,20). The molecular weight excluding hydrogens is 1710 g/mol. The molecule has 3 atom stereocenters. The lowest BCUT2D eigenvalue weighted by atomic mass is 9.86. The number of nitrogens with one attached hydrogen (secondary N) is 8. The van der Waals surface area contributed by atoms with E-state index in [4.69, 9.17) is 0 Å². The first-order chi connectivity index (χ1) is 67.8. The summed E-state index contributed by atoms with van der Waals surface area (Å²) in [5, 5.41) is 51.9. The molecule has 138 heavy (non-hydrogen) atoms. The monoisotopic (exact) mass is 1950 g/mol. The molecule has 8 N–H and O–H groups in total. The average Bonchev–Trinajstić information content (AvgIpc) is 1.71. The maximum absolute atomic E-state index is 4.08. The molecule has 6 aliphatic heterocycles. The van der Waals surface area contributed by atoms with Gasteiger partial charge in [-0.2, -0.15) is 50.7 Å². The Kier molecular flexibility index (Phi) is 97.1. The molecular formula is C114H240N24. The van der Waals surface area contributed by atoms with Gasteiger partial charge in [0.05, 0.1) is 11.1 Å². The zero-order valence-electron chi connectivity index (χ0n) is 94.7. The van der Waals surface area contributed by atoms with Gasteiger partial charge in [0.1, 0.15) is 39.4 Å². The van der Waals surface area contributed by atoms with E-state index in [1.807, 2.05) is 12.7 Å². The van der Waals surface area contributed by atoms with E-state index in [9.17, 15) is 0 Å². The molecule has 24 heteroatoms. The van der Waals surface area contributed by atoms with Crippen LogP contribution >= 0.6 is 0 Å². The summed E-state index contributed by atoms with van der Waals surface area (Å²) in [4.78, 5) is 0. The highest BCUT2D eigenvalue weighted by atomic mass is 15.8. The Morgan fingerprint density at radius 1 is 0.261 bits per heavy atom. The van der Waals surface area contributed by atoms with E-state index in [0.717, 1.165) is 39.1 Å². The Hall–Kier alpha value is -4.10. The van der Waals surface area contributed by atoms with Crippen molar-refractivity contribution in [1.82, 2.24) is 74.3 Å². The van der Waals surface area contributed by atoms with E-state index in [1.165, 1.54) is 546 Å². The van der Waals surface area contributed by atoms with Crippen molar-refractivity contribution in [3.8, 4) is 0 Å². The number of nitrogens with zero attached hydrogens (tertiary/aromatic N) is 16. The van der Waals surface area contributed by atoms with Gasteiger partial charge >= 0.3 is 0 Å². The highest BCUT2D eigenvalue weighted by Crippen LogP contribution is 2.31. The van der Waals surface area contributed by atoms with Crippen molar-refractivity contribution in [2.24, 2.45) is 51.6 Å². The lowest BCUT2D eigenvalue weighted by Gasteiger charge is -2.39. The van der Waals surface area contributed by atoms with Crippen molar-refractivity contribution in [3.05, 3.63) is 0 Å². The molecule has 6 rings (SSSR count). The van der Waals surface area contributed by atoms with Crippen molar-refractivity contribution in [2.45, 2.75) is 691 Å². The molecule has 6 heterocycles. The first-order valence-corrected chi connectivity index (χ1v) is 61.0. The zero-order chi connectivity index (χ0) is 100. The lowest BCUT2D eigenvalue weighted by molar-refractivity contribution is 0.0784. The smallest absolute Gasteiger partial charge is 0.134 e. The van der Waals surface area contributed by atoms with E-state index < -0.39 is 0 Å². The van der Waals surface area contributed by atoms with Crippen LogP contribution in [-0.4, -0.2) is 105 Å². The van der Waals surface area contributed by atoms with Gasteiger partial charge in [-0.05, 0) is 91.9 Å². The minimum atomic E-state index is 0.154. The summed E-state index contributed by atoms with van der Waals surface area (Å²) >= 11 is 0. The Balaban J connectivity index is 0.000000829. The molecule has 3 unspecified atom stereocenters. The number of hydrazone groups is 2. The van der Waals surface area contributed by atoms with Crippen LogP contribution in [0.3, 0.4) is 0 Å².